The minimum absolute atomic E-state index is 0.0645. The zero-order chi connectivity index (χ0) is 13.5. The minimum atomic E-state index is -0.852. The number of furan rings is 1. The maximum atomic E-state index is 11.6. The third kappa shape index (κ3) is 4.90. The molecule has 1 aromatic rings. The summed E-state index contributed by atoms with van der Waals surface area (Å²) >= 11 is 0. The molecule has 0 aromatic carbocycles. The first-order chi connectivity index (χ1) is 8.49. The topological polar surface area (TPSA) is 82.8 Å². The van der Waals surface area contributed by atoms with Gasteiger partial charge < -0.3 is 19.7 Å². The fourth-order valence-electron chi connectivity index (χ4n) is 1.45. The average molecular weight is 254 g/mol. The fourth-order valence-corrected chi connectivity index (χ4v) is 1.45. The van der Waals surface area contributed by atoms with E-state index >= 15 is 0 Å². The van der Waals surface area contributed by atoms with Crippen LogP contribution in [0.15, 0.2) is 16.5 Å². The zero-order valence-corrected chi connectivity index (χ0v) is 10.6. The van der Waals surface area contributed by atoms with Crippen molar-refractivity contribution in [1.29, 1.82) is 0 Å². The lowest BCUT2D eigenvalue weighted by Gasteiger charge is -2.16. The predicted molar refractivity (Wildman–Crippen MR) is 65.2 cm³/mol. The summed E-state index contributed by atoms with van der Waals surface area (Å²) in [5, 5.41) is 11.2. The summed E-state index contributed by atoms with van der Waals surface area (Å²) in [5.74, 6) is 0.642. The van der Waals surface area contributed by atoms with Crippen LogP contribution in [-0.2, 0) is 11.3 Å². The van der Waals surface area contributed by atoms with Crippen molar-refractivity contribution in [3.8, 4) is 0 Å². The van der Waals surface area contributed by atoms with Crippen LogP contribution >= 0.6 is 0 Å². The number of aryl methyl sites for hydroxylation is 1. The lowest BCUT2D eigenvalue weighted by Crippen LogP contribution is -2.37. The van der Waals surface area contributed by atoms with Gasteiger partial charge in [-0.05, 0) is 25.5 Å². The third-order valence-electron chi connectivity index (χ3n) is 2.44. The van der Waals surface area contributed by atoms with Gasteiger partial charge in [-0.3, -0.25) is 4.79 Å². The molecule has 6 nitrogen and oxygen atoms in total. The number of carboxylic acids is 1. The van der Waals surface area contributed by atoms with Crippen LogP contribution < -0.4 is 5.32 Å². The van der Waals surface area contributed by atoms with Crippen LogP contribution in [0.1, 0.15) is 24.4 Å². The molecule has 1 rings (SSSR count). The molecule has 0 unspecified atom stereocenters. The van der Waals surface area contributed by atoms with Crippen molar-refractivity contribution >= 4 is 12.0 Å². The van der Waals surface area contributed by atoms with Crippen molar-refractivity contribution in [2.24, 2.45) is 0 Å². The quantitative estimate of drug-likeness (QED) is 0.807. The van der Waals surface area contributed by atoms with E-state index in [4.69, 9.17) is 9.52 Å². The van der Waals surface area contributed by atoms with Gasteiger partial charge >= 0.3 is 12.0 Å². The van der Waals surface area contributed by atoms with Crippen molar-refractivity contribution in [3.05, 3.63) is 23.7 Å². The molecule has 100 valence electrons. The van der Waals surface area contributed by atoms with Crippen LogP contribution in [0, 0.1) is 6.92 Å². The maximum absolute atomic E-state index is 11.6. The number of nitrogens with one attached hydrogen (secondary N) is 1. The van der Waals surface area contributed by atoms with Gasteiger partial charge in [0.25, 0.3) is 0 Å². The van der Waals surface area contributed by atoms with Gasteiger partial charge in [0.05, 0.1) is 6.54 Å². The van der Waals surface area contributed by atoms with Crippen LogP contribution in [0.2, 0.25) is 0 Å². The first kappa shape index (κ1) is 14.1. The van der Waals surface area contributed by atoms with E-state index in [-0.39, 0.29) is 12.5 Å². The molecule has 2 N–H and O–H groups in total. The van der Waals surface area contributed by atoms with Gasteiger partial charge in [0, 0.05) is 20.0 Å². The van der Waals surface area contributed by atoms with Crippen molar-refractivity contribution in [2.75, 3.05) is 13.6 Å². The summed E-state index contributed by atoms with van der Waals surface area (Å²) in [7, 11) is 1.63. The molecule has 0 aliphatic carbocycles. The van der Waals surface area contributed by atoms with Gasteiger partial charge in [0.2, 0.25) is 0 Å². The molecular formula is C12H18N2O4. The molecule has 0 bridgehead atoms. The number of hydrogen-bond acceptors (Lipinski definition) is 3. The van der Waals surface area contributed by atoms with E-state index in [1.807, 2.05) is 13.0 Å². The number of carboxylic acid groups (broad SMARTS) is 1. The second-order valence-corrected chi connectivity index (χ2v) is 4.09. The van der Waals surface area contributed by atoms with E-state index in [0.29, 0.717) is 25.3 Å². The Morgan fingerprint density at radius 2 is 2.17 bits per heavy atom. The van der Waals surface area contributed by atoms with E-state index < -0.39 is 5.97 Å². The molecule has 6 heteroatoms. The van der Waals surface area contributed by atoms with Crippen LogP contribution in [0.3, 0.4) is 0 Å². The molecule has 1 heterocycles. The molecule has 1 aromatic heterocycles. The van der Waals surface area contributed by atoms with E-state index in [1.165, 1.54) is 4.90 Å². The molecule has 0 spiro atoms. The number of rotatable bonds is 6. The predicted octanol–water partition coefficient (Wildman–Crippen LogP) is 1.59. The lowest BCUT2D eigenvalue weighted by atomic mass is 10.3. The van der Waals surface area contributed by atoms with E-state index in [1.54, 1.807) is 13.1 Å². The van der Waals surface area contributed by atoms with Crippen molar-refractivity contribution in [1.82, 2.24) is 10.2 Å². The van der Waals surface area contributed by atoms with Crippen LogP contribution in [0.5, 0.6) is 0 Å². The minimum Gasteiger partial charge on any atom is -0.481 e. The summed E-state index contributed by atoms with van der Waals surface area (Å²) in [5.41, 5.74) is 0. The number of hydrogen-bond donors (Lipinski definition) is 2. The SMILES string of the molecule is Cc1ccc(CNC(=O)N(C)CCCC(=O)O)o1. The molecule has 0 aliphatic rings. The van der Waals surface area contributed by atoms with E-state index in [2.05, 4.69) is 5.32 Å². The largest absolute Gasteiger partial charge is 0.481 e. The second-order valence-electron chi connectivity index (χ2n) is 4.09. The Bertz CT molecular complexity index is 414. The van der Waals surface area contributed by atoms with E-state index in [9.17, 15) is 9.59 Å². The van der Waals surface area contributed by atoms with Crippen LogP contribution in [0.25, 0.3) is 0 Å². The summed E-state index contributed by atoms with van der Waals surface area (Å²) < 4.78 is 5.32. The van der Waals surface area contributed by atoms with Gasteiger partial charge in [-0.15, -0.1) is 0 Å². The first-order valence-electron chi connectivity index (χ1n) is 5.75. The number of amides is 2. The van der Waals surface area contributed by atoms with Crippen molar-refractivity contribution < 1.29 is 19.1 Å². The lowest BCUT2D eigenvalue weighted by molar-refractivity contribution is -0.137. The Labute approximate surface area is 106 Å². The van der Waals surface area contributed by atoms with Crippen molar-refractivity contribution in [2.45, 2.75) is 26.3 Å². The van der Waals surface area contributed by atoms with Crippen LogP contribution in [0.4, 0.5) is 4.79 Å². The summed E-state index contributed by atoms with van der Waals surface area (Å²) in [4.78, 5) is 23.4. The van der Waals surface area contributed by atoms with Crippen LogP contribution in [-0.4, -0.2) is 35.6 Å². The smallest absolute Gasteiger partial charge is 0.317 e. The van der Waals surface area contributed by atoms with Gasteiger partial charge in [-0.25, -0.2) is 4.79 Å². The van der Waals surface area contributed by atoms with Gasteiger partial charge in [-0.1, -0.05) is 0 Å². The number of carbonyl (C=O) groups is 2. The van der Waals surface area contributed by atoms with Gasteiger partial charge in [-0.2, -0.15) is 0 Å². The third-order valence-corrected chi connectivity index (χ3v) is 2.44. The number of carbonyl (C=O) groups excluding carboxylic acids is 1. The van der Waals surface area contributed by atoms with Gasteiger partial charge in [0.1, 0.15) is 11.5 Å². The number of nitrogens with zero attached hydrogens (tertiary/aromatic N) is 1. The Kier molecular flexibility index (Phi) is 5.23. The highest BCUT2D eigenvalue weighted by atomic mass is 16.4. The monoisotopic (exact) mass is 254 g/mol. The molecule has 0 saturated heterocycles. The van der Waals surface area contributed by atoms with Crippen molar-refractivity contribution in [3.63, 3.8) is 0 Å². The highest BCUT2D eigenvalue weighted by Crippen LogP contribution is 2.05. The second kappa shape index (κ2) is 6.68. The Balaban J connectivity index is 2.25. The molecule has 0 aliphatic heterocycles. The molecule has 0 fully saturated rings. The molecular weight excluding hydrogens is 236 g/mol. The Morgan fingerprint density at radius 1 is 1.44 bits per heavy atom. The maximum Gasteiger partial charge on any atom is 0.317 e. The highest BCUT2D eigenvalue weighted by molar-refractivity contribution is 5.73. The number of aliphatic carboxylic acids is 1. The zero-order valence-electron chi connectivity index (χ0n) is 10.6. The molecule has 0 saturated carbocycles. The van der Waals surface area contributed by atoms with Gasteiger partial charge in [0.15, 0.2) is 0 Å². The fraction of sp³-hybridized carbons (Fsp3) is 0.500. The summed E-state index contributed by atoms with van der Waals surface area (Å²) in [6.45, 7) is 2.58. The van der Waals surface area contributed by atoms with E-state index in [0.717, 1.165) is 5.76 Å². The number of urea groups is 1. The normalized spacial score (nSPS) is 10.1. The average Bonchev–Trinajstić information content (AvgIpc) is 2.71. The highest BCUT2D eigenvalue weighted by Gasteiger charge is 2.09. The Hall–Kier alpha value is -1.98. The molecule has 2 amide bonds. The summed E-state index contributed by atoms with van der Waals surface area (Å²) in [6.07, 6.45) is 0.508. The molecule has 0 radical (unpaired) electrons. The Morgan fingerprint density at radius 3 is 2.72 bits per heavy atom. The first-order valence-corrected chi connectivity index (χ1v) is 5.75. The summed E-state index contributed by atoms with van der Waals surface area (Å²) in [6, 6.07) is 3.40. The molecule has 0 atom stereocenters. The molecule has 18 heavy (non-hydrogen) atoms. The standard InChI is InChI=1S/C12H18N2O4/c1-9-5-6-10(18-9)8-13-12(17)14(2)7-3-4-11(15)16/h5-6H,3-4,7-8H2,1-2H3,(H,13,17)(H,15,16).